The number of aromatic amines is 1. The molecule has 4 N–H and O–H groups in total. The zero-order chi connectivity index (χ0) is 54.3. The average Bonchev–Trinajstić information content (AvgIpc) is 3.92. The number of methoxy groups -OCH3 is 1. The van der Waals surface area contributed by atoms with Crippen LogP contribution in [0.1, 0.15) is 104 Å². The fourth-order valence-electron chi connectivity index (χ4n) is 12.1. The van der Waals surface area contributed by atoms with Gasteiger partial charge in [-0.25, -0.2) is 18.1 Å². The number of nitrogens with zero attached hydrogens (tertiary/aromatic N) is 5. The summed E-state index contributed by atoms with van der Waals surface area (Å²) < 4.78 is 81.6. The smallest absolute Gasteiger partial charge is 0.417 e. The number of piperidine rings is 1. The molecule has 1 spiro atoms. The van der Waals surface area contributed by atoms with E-state index in [2.05, 4.69) is 85.0 Å². The van der Waals surface area contributed by atoms with Gasteiger partial charge in [0.05, 0.1) is 28.7 Å². The number of nitro benzene ring substituents is 1. The monoisotopic (exact) mass is 1080 g/mol. The van der Waals surface area contributed by atoms with Gasteiger partial charge in [-0.3, -0.25) is 24.7 Å². The topological polar surface area (TPSA) is 195 Å². The summed E-state index contributed by atoms with van der Waals surface area (Å²) in [6, 6.07) is 29.7. The zero-order valence-corrected chi connectivity index (χ0v) is 44.2. The van der Waals surface area contributed by atoms with Gasteiger partial charge in [-0.2, -0.15) is 13.2 Å². The summed E-state index contributed by atoms with van der Waals surface area (Å²) >= 11 is 0. The lowest BCUT2D eigenvalue weighted by Gasteiger charge is -2.58. The van der Waals surface area contributed by atoms with Gasteiger partial charge in [0.1, 0.15) is 28.6 Å². The largest absolute Gasteiger partial charge is 0.497 e. The predicted molar refractivity (Wildman–Crippen MR) is 287 cm³/mol. The van der Waals surface area contributed by atoms with Crippen LogP contribution >= 0.6 is 0 Å². The number of halogens is 3. The molecule has 2 aliphatic heterocycles. The fraction of sp³-hybridized carbons (Fsp3) is 0.439. The quantitative estimate of drug-likeness (QED) is 0.0528. The molecule has 16 nitrogen and oxygen atoms in total. The van der Waals surface area contributed by atoms with Gasteiger partial charge in [0.15, 0.2) is 5.60 Å². The standard InChI is InChI=1S/C57H65F3N8O8S/c1-37(2)46-6-4-5-7-47(46)51-36-65(35-39-8-11-43(75-3)12-9-39)26-27-67(51)42-31-55(32-42)21-24-66(25-22-55)41-10-14-48(52(29-41)76-44-28-40-18-23-61-53(40)63-34-44)54(69)64-77(73,74)45-13-15-49(50(30-45)68(71)72)62-33-38-16-19-56(70,20-17-38)57(58,59)60/h4-15,18,23,28-30,34,37-38,42,51,62,70H,16-17,19-22,24-27,31-33,35-36H2,1-3H3,(H,61,63)(H,64,69)/t38-,51-,56+/m0/s1. The van der Waals surface area contributed by atoms with Crippen LogP contribution in [0.2, 0.25) is 0 Å². The number of carbonyl (C=O) groups excluding carboxylic acids is 1. The first-order valence-electron chi connectivity index (χ1n) is 26.4. The van der Waals surface area contributed by atoms with Crippen LogP contribution < -0.4 is 24.4 Å². The molecule has 2 saturated heterocycles. The van der Waals surface area contributed by atoms with E-state index in [1.54, 1.807) is 31.5 Å². The van der Waals surface area contributed by atoms with Crippen LogP contribution in [0.25, 0.3) is 11.0 Å². The van der Waals surface area contributed by atoms with Gasteiger partial charge in [0.2, 0.25) is 0 Å². The van der Waals surface area contributed by atoms with Gasteiger partial charge in [-0.15, -0.1) is 0 Å². The second-order valence-corrected chi connectivity index (χ2v) is 23.4. The molecule has 1 atom stereocenters. The molecule has 20 heteroatoms. The summed E-state index contributed by atoms with van der Waals surface area (Å²) in [4.78, 5) is 40.1. The van der Waals surface area contributed by atoms with E-state index >= 15 is 0 Å². The minimum absolute atomic E-state index is 0.0284. The van der Waals surface area contributed by atoms with E-state index in [0.717, 1.165) is 93.9 Å². The molecule has 4 aliphatic rings. The highest BCUT2D eigenvalue weighted by molar-refractivity contribution is 7.90. The second kappa shape index (κ2) is 21.6. The molecule has 4 heterocycles. The Labute approximate surface area is 446 Å². The van der Waals surface area contributed by atoms with Crippen molar-refractivity contribution in [2.45, 2.75) is 106 Å². The predicted octanol–water partition coefficient (Wildman–Crippen LogP) is 10.7. The van der Waals surface area contributed by atoms with Crippen molar-refractivity contribution in [3.63, 3.8) is 0 Å². The Balaban J connectivity index is 0.822. The van der Waals surface area contributed by atoms with Crippen LogP contribution in [-0.2, 0) is 16.6 Å². The van der Waals surface area contributed by atoms with Crippen LogP contribution in [0.15, 0.2) is 114 Å². The molecule has 0 unspecified atom stereocenters. The number of aromatic nitrogens is 2. The summed E-state index contributed by atoms with van der Waals surface area (Å²) in [6.07, 6.45) is 1.70. The molecular weight excluding hydrogens is 1010 g/mol. The molecule has 2 aromatic heterocycles. The first kappa shape index (κ1) is 53.6. The number of alkyl halides is 3. The molecule has 10 rings (SSSR count). The fourth-order valence-corrected chi connectivity index (χ4v) is 13.0. The van der Waals surface area contributed by atoms with E-state index < -0.39 is 56.1 Å². The summed E-state index contributed by atoms with van der Waals surface area (Å²) in [5, 5.41) is 25.9. The maximum absolute atomic E-state index is 14.1. The third-order valence-electron chi connectivity index (χ3n) is 16.6. The summed E-state index contributed by atoms with van der Waals surface area (Å²) in [5.41, 5.74) is 2.15. The number of rotatable bonds is 16. The SMILES string of the molecule is COc1ccc(CN2CCN(C3CC4(CCN(c5ccc(C(=O)NS(=O)(=O)c6ccc(NC[C@H]7CC[C@](O)(C(F)(F)F)CC7)c([N+](=O)[O-])c6)c(Oc6cnc7[nH]ccc7c6)c5)CC4)C3)[C@H](c3ccccc3C(C)C)C2)cc1. The molecule has 2 saturated carbocycles. The third kappa shape index (κ3) is 11.5. The van der Waals surface area contributed by atoms with E-state index in [4.69, 9.17) is 9.47 Å². The number of aliphatic hydroxyl groups is 1. The van der Waals surface area contributed by atoms with E-state index in [1.807, 2.05) is 18.2 Å². The first-order chi connectivity index (χ1) is 36.8. The van der Waals surface area contributed by atoms with Crippen molar-refractivity contribution in [3.8, 4) is 17.2 Å². The number of fused-ring (bicyclic) bond motifs is 1. The molecule has 0 radical (unpaired) electrons. The normalized spacial score (nSPS) is 21.5. The van der Waals surface area contributed by atoms with Gasteiger partial charge in [0.25, 0.3) is 21.6 Å². The van der Waals surface area contributed by atoms with Gasteiger partial charge >= 0.3 is 6.18 Å². The van der Waals surface area contributed by atoms with Crippen LogP contribution in [0, 0.1) is 21.4 Å². The Bertz CT molecular complexity index is 3220. The number of carbonyl (C=O) groups is 1. The lowest BCUT2D eigenvalue weighted by molar-refractivity contribution is -0.384. The number of piperazine rings is 1. The maximum atomic E-state index is 14.1. The number of sulfonamides is 1. The molecule has 2 aliphatic carbocycles. The van der Waals surface area contributed by atoms with Gasteiger partial charge < -0.3 is 29.8 Å². The van der Waals surface area contributed by atoms with Crippen molar-refractivity contribution in [1.82, 2.24) is 24.5 Å². The van der Waals surface area contributed by atoms with E-state index in [1.165, 1.54) is 35.0 Å². The number of nitro groups is 1. The number of hydrogen-bond acceptors (Lipinski definition) is 13. The second-order valence-electron chi connectivity index (χ2n) is 21.8. The third-order valence-corrected chi connectivity index (χ3v) is 17.9. The van der Waals surface area contributed by atoms with Crippen LogP contribution in [-0.4, -0.2) is 108 Å². The molecule has 77 heavy (non-hydrogen) atoms. The number of amides is 1. The van der Waals surface area contributed by atoms with Crippen LogP contribution in [0.5, 0.6) is 17.2 Å². The Kier molecular flexibility index (Phi) is 15.0. The number of ether oxygens (including phenoxy) is 2. The zero-order valence-electron chi connectivity index (χ0n) is 43.4. The lowest BCUT2D eigenvalue weighted by atomic mass is 9.59. The molecule has 408 valence electrons. The summed E-state index contributed by atoms with van der Waals surface area (Å²) in [6.45, 7) is 9.92. The van der Waals surface area contributed by atoms with Crippen molar-refractivity contribution >= 4 is 44.0 Å². The number of H-pyrrole nitrogens is 1. The first-order valence-corrected chi connectivity index (χ1v) is 27.9. The minimum Gasteiger partial charge on any atom is -0.497 e. The van der Waals surface area contributed by atoms with Gasteiger partial charge in [0, 0.05) is 87.3 Å². The van der Waals surface area contributed by atoms with Crippen molar-refractivity contribution in [1.29, 1.82) is 0 Å². The molecule has 1 amide bonds. The molecule has 6 aromatic rings. The van der Waals surface area contributed by atoms with Crippen molar-refractivity contribution in [2.24, 2.45) is 11.3 Å². The lowest BCUT2D eigenvalue weighted by Crippen LogP contribution is -2.60. The van der Waals surface area contributed by atoms with Crippen molar-refractivity contribution < 1.29 is 45.9 Å². The molecular formula is C57H65F3N8O8S. The van der Waals surface area contributed by atoms with Crippen LogP contribution in [0.4, 0.5) is 30.2 Å². The maximum Gasteiger partial charge on any atom is 0.417 e. The number of benzene rings is 4. The Morgan fingerprint density at radius 1 is 0.935 bits per heavy atom. The average molecular weight is 1080 g/mol. The van der Waals surface area contributed by atoms with E-state index in [0.29, 0.717) is 23.4 Å². The van der Waals surface area contributed by atoms with Gasteiger partial charge in [-0.1, -0.05) is 50.2 Å². The highest BCUT2D eigenvalue weighted by Crippen LogP contribution is 2.54. The Morgan fingerprint density at radius 3 is 2.38 bits per heavy atom. The molecule has 4 fully saturated rings. The number of hydrogen-bond donors (Lipinski definition) is 4. The Morgan fingerprint density at radius 2 is 1.68 bits per heavy atom. The van der Waals surface area contributed by atoms with E-state index in [9.17, 15) is 41.6 Å². The molecule has 0 bridgehead atoms. The van der Waals surface area contributed by atoms with Gasteiger partial charge in [-0.05, 0) is 134 Å². The minimum atomic E-state index is -4.77. The summed E-state index contributed by atoms with van der Waals surface area (Å²) in [5.74, 6) is 0.280. The van der Waals surface area contributed by atoms with Crippen molar-refractivity contribution in [3.05, 3.63) is 142 Å². The highest BCUT2D eigenvalue weighted by atomic mass is 32.2. The highest BCUT2D eigenvalue weighted by Gasteiger charge is 2.55. The molecule has 4 aromatic carbocycles. The van der Waals surface area contributed by atoms with Crippen LogP contribution in [0.3, 0.4) is 0 Å². The van der Waals surface area contributed by atoms with E-state index in [-0.39, 0.29) is 53.8 Å². The number of nitrogens with one attached hydrogen (secondary N) is 3. The Hall–Kier alpha value is -6.74. The number of pyridine rings is 1. The summed E-state index contributed by atoms with van der Waals surface area (Å²) in [7, 11) is -3.02. The number of anilines is 2. The van der Waals surface area contributed by atoms with Crippen molar-refractivity contribution in [2.75, 3.05) is 56.6 Å².